The highest BCUT2D eigenvalue weighted by atomic mass is 16.8. The van der Waals surface area contributed by atoms with E-state index in [4.69, 9.17) is 18.9 Å². The van der Waals surface area contributed by atoms with Crippen molar-refractivity contribution in [1.82, 2.24) is 0 Å². The predicted octanol–water partition coefficient (Wildman–Crippen LogP) is -0.666. The number of hydrogen-bond acceptors (Lipinski definition) is 14. The maximum atomic E-state index is 13.0. The summed E-state index contributed by atoms with van der Waals surface area (Å²) in [5.41, 5.74) is -3.06. The van der Waals surface area contributed by atoms with Gasteiger partial charge in [0, 0.05) is 18.2 Å². The van der Waals surface area contributed by atoms with Gasteiger partial charge in [-0.25, -0.2) is 9.59 Å². The topological polar surface area (TPSA) is 233 Å². The van der Waals surface area contributed by atoms with Crippen molar-refractivity contribution in [1.29, 1.82) is 0 Å². The summed E-state index contributed by atoms with van der Waals surface area (Å²) in [6.07, 6.45) is -8.94. The van der Waals surface area contributed by atoms with Crippen molar-refractivity contribution in [2.24, 2.45) is 0 Å². The van der Waals surface area contributed by atoms with Gasteiger partial charge in [-0.2, -0.15) is 0 Å². The molecule has 2 unspecified atom stereocenters. The van der Waals surface area contributed by atoms with E-state index in [-0.39, 0.29) is 0 Å². The van der Waals surface area contributed by atoms with Crippen LogP contribution in [-0.2, 0) is 18.9 Å². The average Bonchev–Trinajstić information content (AvgIpc) is 2.80. The number of carbonyl (C=O) groups is 2. The zero-order valence-electron chi connectivity index (χ0n) is 17.1. The zero-order chi connectivity index (χ0) is 25.1. The quantitative estimate of drug-likeness (QED) is 0.186. The molecule has 8 N–H and O–H groups in total. The fourth-order valence-electron chi connectivity index (χ4n) is 3.69. The van der Waals surface area contributed by atoms with Crippen LogP contribution in [0, 0.1) is 0 Å². The lowest BCUT2D eigenvalue weighted by Crippen LogP contribution is -2.60. The number of carbonyl (C=O) groups excluding carboxylic acids is 2. The highest BCUT2D eigenvalue weighted by molar-refractivity contribution is 6.08. The van der Waals surface area contributed by atoms with E-state index in [2.05, 4.69) is 0 Å². The summed E-state index contributed by atoms with van der Waals surface area (Å²) in [4.78, 5) is 26.0. The molecule has 2 aliphatic rings. The van der Waals surface area contributed by atoms with Gasteiger partial charge in [-0.05, 0) is 12.1 Å². The van der Waals surface area contributed by atoms with E-state index >= 15 is 0 Å². The van der Waals surface area contributed by atoms with E-state index in [1.54, 1.807) is 0 Å². The van der Waals surface area contributed by atoms with Crippen LogP contribution < -0.4 is 0 Å². The molecule has 0 spiro atoms. The first-order chi connectivity index (χ1) is 16.0. The lowest BCUT2D eigenvalue weighted by molar-refractivity contribution is -0.332. The molecule has 34 heavy (non-hydrogen) atoms. The van der Waals surface area contributed by atoms with Gasteiger partial charge in [0.15, 0.2) is 35.4 Å². The standard InChI is InChI=1S/C20H18O14/c1-31-19-15(28)14(27)16-20(34-19)33-18(30)5-3-7(22)11(24)13(26)9(5)8-4(17(29)32-16)2-6(21)10(23)12(8)25/h2-3,14-16,19-28H,1H3/t14-,15?,16+,19-,20?/m1/s1. The van der Waals surface area contributed by atoms with Crippen molar-refractivity contribution in [3.63, 3.8) is 0 Å². The Morgan fingerprint density at radius 1 is 0.735 bits per heavy atom. The van der Waals surface area contributed by atoms with Crippen molar-refractivity contribution in [2.45, 2.75) is 30.9 Å². The van der Waals surface area contributed by atoms with Crippen molar-refractivity contribution < 1.29 is 69.4 Å². The summed E-state index contributed by atoms with van der Waals surface area (Å²) < 4.78 is 20.4. The number of esters is 2. The molecule has 2 aromatic carbocycles. The summed E-state index contributed by atoms with van der Waals surface area (Å²) in [7, 11) is 1.11. The van der Waals surface area contributed by atoms with Crippen LogP contribution in [0.1, 0.15) is 20.7 Å². The molecular weight excluding hydrogens is 464 g/mol. The lowest BCUT2D eigenvalue weighted by Gasteiger charge is -2.40. The lowest BCUT2D eigenvalue weighted by atomic mass is 9.91. The second-order valence-corrected chi connectivity index (χ2v) is 7.40. The Labute approximate surface area is 189 Å². The predicted molar refractivity (Wildman–Crippen MR) is 104 cm³/mol. The van der Waals surface area contributed by atoms with Gasteiger partial charge in [0.25, 0.3) is 0 Å². The molecule has 0 amide bonds. The average molecular weight is 482 g/mol. The highest BCUT2D eigenvalue weighted by Crippen LogP contribution is 2.53. The third-order valence-corrected chi connectivity index (χ3v) is 5.40. The molecule has 14 nitrogen and oxygen atoms in total. The number of aromatic hydroxyl groups is 6. The molecule has 2 aliphatic heterocycles. The Morgan fingerprint density at radius 2 is 1.21 bits per heavy atom. The van der Waals surface area contributed by atoms with Crippen LogP contribution >= 0.6 is 0 Å². The first kappa shape index (κ1) is 23.2. The Hall–Kier alpha value is -3.98. The summed E-state index contributed by atoms with van der Waals surface area (Å²) >= 11 is 0. The second-order valence-electron chi connectivity index (χ2n) is 7.40. The van der Waals surface area contributed by atoms with Crippen molar-refractivity contribution in [3.05, 3.63) is 23.3 Å². The summed E-state index contributed by atoms with van der Waals surface area (Å²) in [5, 5.41) is 81.4. The molecule has 0 bridgehead atoms. The van der Waals surface area contributed by atoms with Crippen LogP contribution in [0.3, 0.4) is 0 Å². The molecule has 5 atom stereocenters. The molecule has 4 rings (SSSR count). The van der Waals surface area contributed by atoms with Gasteiger partial charge in [0.2, 0.25) is 17.8 Å². The molecule has 0 aliphatic carbocycles. The van der Waals surface area contributed by atoms with E-state index in [0.717, 1.165) is 7.11 Å². The van der Waals surface area contributed by atoms with E-state index < -0.39 is 99.6 Å². The van der Waals surface area contributed by atoms with Crippen LogP contribution in [-0.4, -0.2) is 90.8 Å². The number of phenols is 6. The minimum absolute atomic E-state index is 0.617. The molecule has 14 heteroatoms. The van der Waals surface area contributed by atoms with E-state index in [1.165, 1.54) is 0 Å². The third-order valence-electron chi connectivity index (χ3n) is 5.40. The highest BCUT2D eigenvalue weighted by Gasteiger charge is 2.50. The number of benzene rings is 2. The number of phenolic OH excluding ortho intramolecular Hbond substituents is 6. The summed E-state index contributed by atoms with van der Waals surface area (Å²) in [6, 6.07) is 1.25. The largest absolute Gasteiger partial charge is 0.504 e. The van der Waals surface area contributed by atoms with Crippen molar-refractivity contribution in [3.8, 4) is 45.6 Å². The molecule has 2 heterocycles. The number of aliphatic hydroxyl groups is 2. The minimum atomic E-state index is -1.91. The normalized spacial score (nSPS) is 26.5. The molecule has 0 radical (unpaired) electrons. The minimum Gasteiger partial charge on any atom is -0.504 e. The van der Waals surface area contributed by atoms with Crippen LogP contribution in [0.4, 0.5) is 0 Å². The summed E-state index contributed by atoms with van der Waals surface area (Å²) in [5.74, 6) is -9.52. The zero-order valence-corrected chi connectivity index (χ0v) is 17.1. The molecular formula is C20H18O14. The van der Waals surface area contributed by atoms with Gasteiger partial charge in [0.1, 0.15) is 12.2 Å². The Morgan fingerprint density at radius 3 is 1.68 bits per heavy atom. The molecule has 0 saturated carbocycles. The third kappa shape index (κ3) is 3.36. The van der Waals surface area contributed by atoms with Gasteiger partial charge in [-0.1, -0.05) is 0 Å². The fourth-order valence-corrected chi connectivity index (χ4v) is 3.69. The van der Waals surface area contributed by atoms with E-state index in [1.807, 2.05) is 0 Å². The molecule has 182 valence electrons. The summed E-state index contributed by atoms with van der Waals surface area (Å²) in [6.45, 7) is 0. The fraction of sp³-hybridized carbons (Fsp3) is 0.300. The number of aliphatic hydroxyl groups excluding tert-OH is 2. The van der Waals surface area contributed by atoms with E-state index in [9.17, 15) is 50.4 Å². The monoisotopic (exact) mass is 482 g/mol. The van der Waals surface area contributed by atoms with Gasteiger partial charge >= 0.3 is 11.9 Å². The van der Waals surface area contributed by atoms with Gasteiger partial charge < -0.3 is 59.8 Å². The molecule has 0 aromatic heterocycles. The first-order valence-corrected chi connectivity index (χ1v) is 9.50. The maximum absolute atomic E-state index is 13.0. The van der Waals surface area contributed by atoms with Gasteiger partial charge in [-0.3, -0.25) is 0 Å². The maximum Gasteiger partial charge on any atom is 0.341 e. The van der Waals surface area contributed by atoms with Crippen LogP contribution in [0.15, 0.2) is 12.1 Å². The van der Waals surface area contributed by atoms with E-state index in [0.29, 0.717) is 12.1 Å². The Kier molecular flexibility index (Phi) is 5.53. The van der Waals surface area contributed by atoms with Gasteiger partial charge in [0.05, 0.1) is 11.1 Å². The van der Waals surface area contributed by atoms with Crippen molar-refractivity contribution >= 4 is 11.9 Å². The number of fused-ring (bicyclic) bond motifs is 4. The Balaban J connectivity index is 2.02. The van der Waals surface area contributed by atoms with Crippen molar-refractivity contribution in [2.75, 3.05) is 7.11 Å². The number of ether oxygens (including phenoxy) is 4. The second kappa shape index (κ2) is 8.11. The molecule has 2 aromatic rings. The first-order valence-electron chi connectivity index (χ1n) is 9.50. The van der Waals surface area contributed by atoms with Crippen LogP contribution in [0.5, 0.6) is 34.5 Å². The number of hydrogen-bond donors (Lipinski definition) is 8. The Bertz CT molecular complexity index is 1190. The molecule has 1 saturated heterocycles. The smallest absolute Gasteiger partial charge is 0.341 e. The molecule has 1 fully saturated rings. The van der Waals surface area contributed by atoms with Crippen LogP contribution in [0.25, 0.3) is 11.1 Å². The SMILES string of the molecule is CO[C@@H]1OC2OC(=O)c3cc(O)c(O)c(O)c3-c3c(cc(O)c(O)c3O)C(=O)O[C@H]2[C@H](O)C1O. The van der Waals surface area contributed by atoms with Gasteiger partial charge in [-0.15, -0.1) is 0 Å². The number of rotatable bonds is 1. The van der Waals surface area contributed by atoms with Crippen LogP contribution in [0.2, 0.25) is 0 Å². The number of methoxy groups -OCH3 is 1.